The highest BCUT2D eigenvalue weighted by molar-refractivity contribution is 7.89. The first-order valence-electron chi connectivity index (χ1n) is 5.59. The number of benzene rings is 1. The molecule has 0 bridgehead atoms. The number of hydrogen-bond acceptors (Lipinski definition) is 2. The van der Waals surface area contributed by atoms with E-state index >= 15 is 0 Å². The van der Waals surface area contributed by atoms with Crippen molar-refractivity contribution in [3.05, 3.63) is 53.5 Å². The zero-order valence-corrected chi connectivity index (χ0v) is 11.0. The van der Waals surface area contributed by atoms with Crippen molar-refractivity contribution < 1.29 is 9.32 Å². The molecule has 17 heavy (non-hydrogen) atoms. The van der Waals surface area contributed by atoms with Crippen LogP contribution in [0.25, 0.3) is 0 Å². The number of rotatable bonds is 5. The molecular weight excluding hydrogens is 232 g/mol. The molecule has 92 valence electrons. The maximum absolute atomic E-state index is 12.3. The minimum atomic E-state index is -1.32. The fourth-order valence-electron chi connectivity index (χ4n) is 1.41. The highest BCUT2D eigenvalue weighted by atomic mass is 32.2. The van der Waals surface area contributed by atoms with Crippen molar-refractivity contribution >= 4 is 10.8 Å². The molecule has 1 rings (SSSR count). The highest BCUT2D eigenvalue weighted by Gasteiger charge is 2.16. The summed E-state index contributed by atoms with van der Waals surface area (Å²) in [6.07, 6.45) is 3.04. The molecule has 0 fully saturated rings. The first-order chi connectivity index (χ1) is 8.10. The minimum Gasteiger partial charge on any atom is -0.388 e. The molecule has 0 heterocycles. The molecule has 0 radical (unpaired) electrons. The summed E-state index contributed by atoms with van der Waals surface area (Å²) in [5.74, 6) is 0. The number of hydrogen-bond donors (Lipinski definition) is 1. The van der Waals surface area contributed by atoms with E-state index in [9.17, 15) is 9.32 Å². The van der Waals surface area contributed by atoms with Crippen LogP contribution in [0, 0.1) is 6.92 Å². The van der Waals surface area contributed by atoms with Crippen molar-refractivity contribution in [3.8, 4) is 0 Å². The van der Waals surface area contributed by atoms with Crippen molar-refractivity contribution in [2.45, 2.75) is 31.3 Å². The van der Waals surface area contributed by atoms with Crippen molar-refractivity contribution in [2.24, 2.45) is 0 Å². The van der Waals surface area contributed by atoms with E-state index in [1.54, 1.807) is 12.2 Å². The standard InChI is InChI=1S/C14H18O2S/c1-4-6-14(13(15)5-2)17(16)12-9-7-11(3)8-10-12/h4,6-10,13,15H,1,5H2,2-3H3/b14-6+/t13-,17?/m1/s1. The van der Waals surface area contributed by atoms with Gasteiger partial charge in [0, 0.05) is 9.80 Å². The fraction of sp³-hybridized carbons (Fsp3) is 0.286. The van der Waals surface area contributed by atoms with Crippen LogP contribution in [0.3, 0.4) is 0 Å². The van der Waals surface area contributed by atoms with Crippen LogP contribution < -0.4 is 0 Å². The average molecular weight is 250 g/mol. The molecule has 1 N–H and O–H groups in total. The normalized spacial score (nSPS) is 15.4. The van der Waals surface area contributed by atoms with E-state index in [1.807, 2.05) is 38.1 Å². The molecule has 2 nitrogen and oxygen atoms in total. The van der Waals surface area contributed by atoms with E-state index < -0.39 is 16.9 Å². The van der Waals surface area contributed by atoms with Crippen molar-refractivity contribution in [1.29, 1.82) is 0 Å². The third-order valence-corrected chi connectivity index (χ3v) is 3.98. The van der Waals surface area contributed by atoms with Gasteiger partial charge in [0.05, 0.1) is 16.9 Å². The summed E-state index contributed by atoms with van der Waals surface area (Å²) in [4.78, 5) is 1.21. The van der Waals surface area contributed by atoms with Gasteiger partial charge in [0.1, 0.15) is 0 Å². The first-order valence-corrected chi connectivity index (χ1v) is 6.74. The van der Waals surface area contributed by atoms with Crippen LogP contribution in [0.1, 0.15) is 18.9 Å². The monoisotopic (exact) mass is 250 g/mol. The summed E-state index contributed by atoms with van der Waals surface area (Å²) < 4.78 is 12.3. The zero-order valence-electron chi connectivity index (χ0n) is 10.2. The minimum absolute atomic E-state index is 0.506. The van der Waals surface area contributed by atoms with Gasteiger partial charge in [-0.05, 0) is 31.6 Å². The Morgan fingerprint density at radius 3 is 2.53 bits per heavy atom. The molecule has 0 aliphatic heterocycles. The highest BCUT2D eigenvalue weighted by Crippen LogP contribution is 2.19. The lowest BCUT2D eigenvalue weighted by Gasteiger charge is -2.12. The Labute approximate surface area is 105 Å². The molecule has 0 saturated carbocycles. The van der Waals surface area contributed by atoms with Crippen LogP contribution in [-0.2, 0) is 10.8 Å². The lowest BCUT2D eigenvalue weighted by molar-refractivity contribution is 0.214. The molecule has 0 aromatic heterocycles. The van der Waals surface area contributed by atoms with Crippen LogP contribution in [0.2, 0.25) is 0 Å². The van der Waals surface area contributed by atoms with E-state index in [0.29, 0.717) is 16.2 Å². The topological polar surface area (TPSA) is 37.3 Å². The first kappa shape index (κ1) is 13.9. The molecule has 1 unspecified atom stereocenters. The summed E-state index contributed by atoms with van der Waals surface area (Å²) in [6, 6.07) is 7.48. The zero-order chi connectivity index (χ0) is 12.8. The average Bonchev–Trinajstić information content (AvgIpc) is 2.35. The van der Waals surface area contributed by atoms with E-state index in [-0.39, 0.29) is 0 Å². The van der Waals surface area contributed by atoms with E-state index in [0.717, 1.165) is 5.56 Å². The van der Waals surface area contributed by atoms with E-state index in [2.05, 4.69) is 6.58 Å². The van der Waals surface area contributed by atoms with E-state index in [4.69, 9.17) is 0 Å². The summed E-state index contributed by atoms with van der Waals surface area (Å²) in [5, 5.41) is 9.83. The molecule has 2 atom stereocenters. The van der Waals surface area contributed by atoms with Gasteiger partial charge in [-0.15, -0.1) is 0 Å². The Morgan fingerprint density at radius 2 is 2.06 bits per heavy atom. The SMILES string of the molecule is C=C/C=C(\[C@H](O)CC)S(=O)c1ccc(C)cc1. The van der Waals surface area contributed by atoms with Crippen LogP contribution in [-0.4, -0.2) is 15.4 Å². The Morgan fingerprint density at radius 1 is 1.47 bits per heavy atom. The molecular formula is C14H18O2S. The molecule has 0 amide bonds. The fourth-order valence-corrected chi connectivity index (χ4v) is 2.70. The maximum Gasteiger partial charge on any atom is 0.0874 e. The smallest absolute Gasteiger partial charge is 0.0874 e. The molecule has 3 heteroatoms. The molecule has 0 saturated heterocycles. The lowest BCUT2D eigenvalue weighted by Crippen LogP contribution is -2.13. The van der Waals surface area contributed by atoms with Crippen LogP contribution >= 0.6 is 0 Å². The largest absolute Gasteiger partial charge is 0.388 e. The Balaban J connectivity index is 3.04. The maximum atomic E-state index is 12.3. The van der Waals surface area contributed by atoms with Gasteiger partial charge in [-0.3, -0.25) is 0 Å². The van der Waals surface area contributed by atoms with Crippen molar-refractivity contribution in [3.63, 3.8) is 0 Å². The van der Waals surface area contributed by atoms with Gasteiger partial charge in [-0.1, -0.05) is 37.3 Å². The Bertz CT molecular complexity index is 432. The van der Waals surface area contributed by atoms with Crippen LogP contribution in [0.15, 0.2) is 52.8 Å². The Kier molecular flexibility index (Phi) is 5.32. The van der Waals surface area contributed by atoms with Crippen molar-refractivity contribution in [1.82, 2.24) is 0 Å². The van der Waals surface area contributed by atoms with Crippen LogP contribution in [0.5, 0.6) is 0 Å². The number of allylic oxidation sites excluding steroid dienone is 2. The lowest BCUT2D eigenvalue weighted by atomic mass is 10.2. The Hall–Kier alpha value is -1.19. The third-order valence-electron chi connectivity index (χ3n) is 2.45. The van der Waals surface area contributed by atoms with Crippen molar-refractivity contribution in [2.75, 3.05) is 0 Å². The molecule has 1 aromatic carbocycles. The van der Waals surface area contributed by atoms with Crippen LogP contribution in [0.4, 0.5) is 0 Å². The van der Waals surface area contributed by atoms with Gasteiger partial charge in [-0.2, -0.15) is 0 Å². The van der Waals surface area contributed by atoms with Gasteiger partial charge in [0.25, 0.3) is 0 Å². The third kappa shape index (κ3) is 3.65. The predicted octanol–water partition coefficient (Wildman–Crippen LogP) is 2.94. The molecule has 0 aliphatic rings. The summed E-state index contributed by atoms with van der Waals surface area (Å²) in [6.45, 7) is 7.42. The molecule has 0 spiro atoms. The predicted molar refractivity (Wildman–Crippen MR) is 72.2 cm³/mol. The second-order valence-electron chi connectivity index (χ2n) is 3.81. The molecule has 0 aliphatic carbocycles. The van der Waals surface area contributed by atoms with Gasteiger partial charge in [0.2, 0.25) is 0 Å². The van der Waals surface area contributed by atoms with E-state index in [1.165, 1.54) is 0 Å². The number of aliphatic hydroxyl groups excluding tert-OH is 1. The second kappa shape index (κ2) is 6.52. The summed E-state index contributed by atoms with van der Waals surface area (Å²) in [5.41, 5.74) is 1.12. The number of aryl methyl sites for hydroxylation is 1. The second-order valence-corrected chi connectivity index (χ2v) is 5.29. The summed E-state index contributed by atoms with van der Waals surface area (Å²) in [7, 11) is -1.32. The van der Waals surface area contributed by atoms with Gasteiger partial charge in [0.15, 0.2) is 0 Å². The quantitative estimate of drug-likeness (QED) is 0.816. The van der Waals surface area contributed by atoms with Gasteiger partial charge in [-0.25, -0.2) is 4.21 Å². The molecule has 1 aromatic rings. The number of aliphatic hydroxyl groups is 1. The van der Waals surface area contributed by atoms with Gasteiger partial charge < -0.3 is 5.11 Å². The van der Waals surface area contributed by atoms with Gasteiger partial charge >= 0.3 is 0 Å². The summed E-state index contributed by atoms with van der Waals surface area (Å²) >= 11 is 0.